The van der Waals surface area contributed by atoms with Crippen LogP contribution in [0.4, 0.5) is 23.5 Å². The molecule has 1 unspecified atom stereocenters. The summed E-state index contributed by atoms with van der Waals surface area (Å²) in [6, 6.07) is 6.77. The minimum Gasteiger partial charge on any atom is -0.457 e. The summed E-state index contributed by atoms with van der Waals surface area (Å²) in [5, 5.41) is 14.1. The lowest BCUT2D eigenvalue weighted by Gasteiger charge is -2.23. The first-order chi connectivity index (χ1) is 16.7. The molecule has 1 atom stereocenters. The monoisotopic (exact) mass is 491 g/mol. The topological polar surface area (TPSA) is 101 Å². The number of aromatic nitrogens is 3. The molecule has 0 bridgehead atoms. The molecule has 0 fully saturated rings. The van der Waals surface area contributed by atoms with Crippen molar-refractivity contribution in [3.05, 3.63) is 65.8 Å². The van der Waals surface area contributed by atoms with Gasteiger partial charge in [0.2, 0.25) is 5.95 Å². The molecule has 12 heteroatoms. The Kier molecular flexibility index (Phi) is 6.74. The van der Waals surface area contributed by atoms with Gasteiger partial charge in [-0.25, -0.2) is 9.37 Å². The summed E-state index contributed by atoms with van der Waals surface area (Å²) in [4.78, 5) is 20.4. The van der Waals surface area contributed by atoms with Gasteiger partial charge in [-0.3, -0.25) is 9.78 Å². The number of ether oxygens (including phenoxy) is 1. The van der Waals surface area contributed by atoms with Crippen LogP contribution >= 0.6 is 0 Å². The molecule has 1 amide bonds. The molecular formula is C23H21F4N5O3. The van der Waals surface area contributed by atoms with Gasteiger partial charge in [0.1, 0.15) is 23.0 Å². The van der Waals surface area contributed by atoms with E-state index < -0.39 is 35.9 Å². The number of hydrogen-bond acceptors (Lipinski definition) is 6. The molecule has 2 aromatic heterocycles. The fourth-order valence-electron chi connectivity index (χ4n) is 3.53. The van der Waals surface area contributed by atoms with Gasteiger partial charge in [0.05, 0.1) is 23.7 Å². The van der Waals surface area contributed by atoms with Crippen LogP contribution in [0.5, 0.6) is 11.5 Å². The van der Waals surface area contributed by atoms with Crippen molar-refractivity contribution in [1.29, 1.82) is 0 Å². The number of carbonyl (C=O) groups excluding carboxylic acids is 1. The van der Waals surface area contributed by atoms with Crippen molar-refractivity contribution >= 4 is 22.9 Å². The first-order valence-corrected chi connectivity index (χ1v) is 10.5. The quantitative estimate of drug-likeness (QED) is 0.432. The first-order valence-electron chi connectivity index (χ1n) is 10.5. The van der Waals surface area contributed by atoms with E-state index in [9.17, 15) is 22.4 Å². The summed E-state index contributed by atoms with van der Waals surface area (Å²) in [5.41, 5.74) is 0.392. The minimum absolute atomic E-state index is 0.0899. The fraction of sp³-hybridized carbons (Fsp3) is 0.261. The molecule has 0 radical (unpaired) electrons. The van der Waals surface area contributed by atoms with Gasteiger partial charge in [0, 0.05) is 43.9 Å². The van der Waals surface area contributed by atoms with Gasteiger partial charge in [-0.2, -0.15) is 13.2 Å². The average Bonchev–Trinajstić information content (AvgIpc) is 3.12. The molecule has 1 aliphatic rings. The number of fused-ring (bicyclic) bond motifs is 1. The van der Waals surface area contributed by atoms with Crippen LogP contribution in [0.25, 0.3) is 11.0 Å². The SMILES string of the molecule is Cn1c(NC2CC(C(F)(F)F)=CC=C2F)nc2cc(Oc3ccnc(C(=O)NCCO)c3)ccc21. The Morgan fingerprint density at radius 1 is 1.23 bits per heavy atom. The number of carbonyl (C=O) groups is 1. The maximum Gasteiger partial charge on any atom is 0.412 e. The third kappa shape index (κ3) is 5.43. The van der Waals surface area contributed by atoms with Crippen molar-refractivity contribution in [2.75, 3.05) is 18.5 Å². The zero-order valence-corrected chi connectivity index (χ0v) is 18.4. The van der Waals surface area contributed by atoms with E-state index >= 15 is 0 Å². The molecule has 0 aliphatic heterocycles. The van der Waals surface area contributed by atoms with Crippen LogP contribution in [0.2, 0.25) is 0 Å². The number of nitrogens with one attached hydrogen (secondary N) is 2. The normalized spacial score (nSPS) is 16.0. The van der Waals surface area contributed by atoms with E-state index in [0.717, 1.165) is 12.2 Å². The highest BCUT2D eigenvalue weighted by atomic mass is 19.4. The molecule has 35 heavy (non-hydrogen) atoms. The molecule has 184 valence electrons. The summed E-state index contributed by atoms with van der Waals surface area (Å²) in [5.74, 6) is -0.260. The van der Waals surface area contributed by atoms with Crippen LogP contribution in [0.3, 0.4) is 0 Å². The Hall–Kier alpha value is -3.93. The number of nitrogens with zero attached hydrogens (tertiary/aromatic N) is 3. The smallest absolute Gasteiger partial charge is 0.412 e. The van der Waals surface area contributed by atoms with E-state index in [-0.39, 0.29) is 24.8 Å². The molecule has 3 aromatic rings. The lowest BCUT2D eigenvalue weighted by Crippen LogP contribution is -2.28. The third-order valence-electron chi connectivity index (χ3n) is 5.32. The molecule has 2 heterocycles. The second kappa shape index (κ2) is 9.74. The van der Waals surface area contributed by atoms with Gasteiger partial charge in [0.25, 0.3) is 5.91 Å². The zero-order valence-electron chi connectivity index (χ0n) is 18.4. The van der Waals surface area contributed by atoms with E-state index in [1.54, 1.807) is 35.9 Å². The molecule has 0 spiro atoms. The molecule has 1 aliphatic carbocycles. The average molecular weight is 491 g/mol. The van der Waals surface area contributed by atoms with Gasteiger partial charge in [-0.05, 0) is 24.3 Å². The van der Waals surface area contributed by atoms with Gasteiger partial charge in [-0.15, -0.1) is 0 Å². The highest BCUT2D eigenvalue weighted by molar-refractivity contribution is 5.92. The van der Waals surface area contributed by atoms with Crippen molar-refractivity contribution in [3.8, 4) is 11.5 Å². The number of allylic oxidation sites excluding steroid dienone is 2. The van der Waals surface area contributed by atoms with Gasteiger partial charge < -0.3 is 25.0 Å². The summed E-state index contributed by atoms with van der Waals surface area (Å²) in [6.07, 6.45) is -2.14. The summed E-state index contributed by atoms with van der Waals surface area (Å²) >= 11 is 0. The van der Waals surface area contributed by atoms with E-state index in [4.69, 9.17) is 9.84 Å². The third-order valence-corrected chi connectivity index (χ3v) is 5.32. The van der Waals surface area contributed by atoms with E-state index in [0.29, 0.717) is 22.5 Å². The number of rotatable bonds is 7. The predicted octanol–water partition coefficient (Wildman–Crippen LogP) is 4.01. The number of amides is 1. The Labute approximate surface area is 196 Å². The highest BCUT2D eigenvalue weighted by Crippen LogP contribution is 2.35. The second-order valence-corrected chi connectivity index (χ2v) is 7.75. The van der Waals surface area contributed by atoms with Gasteiger partial charge in [0.15, 0.2) is 0 Å². The molecule has 0 saturated carbocycles. The lowest BCUT2D eigenvalue weighted by molar-refractivity contribution is -0.0944. The standard InChI is InChI=1S/C23H21F4N5O3/c1-32-20-5-3-14(35-15-6-7-28-19(12-15)21(34)29-8-9-33)11-18(20)31-22(32)30-17-10-13(23(25,26)27)2-4-16(17)24/h2-7,11-12,17,33H,8-10H2,1H3,(H,29,34)(H,30,31). The van der Waals surface area contributed by atoms with Crippen LogP contribution in [-0.4, -0.2) is 50.9 Å². The van der Waals surface area contributed by atoms with Crippen LogP contribution in [-0.2, 0) is 7.05 Å². The Bertz CT molecular complexity index is 1320. The van der Waals surface area contributed by atoms with E-state index in [1.165, 1.54) is 12.3 Å². The number of aliphatic hydroxyl groups excluding tert-OH is 1. The maximum absolute atomic E-state index is 14.2. The van der Waals surface area contributed by atoms with E-state index in [1.807, 2.05) is 0 Å². The van der Waals surface area contributed by atoms with Crippen LogP contribution in [0.1, 0.15) is 16.9 Å². The zero-order chi connectivity index (χ0) is 25.2. The van der Waals surface area contributed by atoms with Crippen molar-refractivity contribution in [2.24, 2.45) is 7.05 Å². The van der Waals surface area contributed by atoms with Crippen molar-refractivity contribution in [2.45, 2.75) is 18.6 Å². The molecular weight excluding hydrogens is 470 g/mol. The first kappa shape index (κ1) is 24.2. The van der Waals surface area contributed by atoms with E-state index in [2.05, 4.69) is 20.6 Å². The van der Waals surface area contributed by atoms with Crippen molar-refractivity contribution in [3.63, 3.8) is 0 Å². The Balaban J connectivity index is 1.52. The minimum atomic E-state index is -4.54. The number of halogens is 4. The Morgan fingerprint density at radius 3 is 2.74 bits per heavy atom. The van der Waals surface area contributed by atoms with Crippen molar-refractivity contribution in [1.82, 2.24) is 19.9 Å². The number of benzene rings is 1. The number of pyridine rings is 1. The second-order valence-electron chi connectivity index (χ2n) is 7.75. The summed E-state index contributed by atoms with van der Waals surface area (Å²) in [6.45, 7) is -0.112. The fourth-order valence-corrected chi connectivity index (χ4v) is 3.53. The van der Waals surface area contributed by atoms with Gasteiger partial charge in [-0.1, -0.05) is 6.08 Å². The molecule has 3 N–H and O–H groups in total. The van der Waals surface area contributed by atoms with Crippen molar-refractivity contribution < 1.29 is 32.2 Å². The van der Waals surface area contributed by atoms with Crippen LogP contribution < -0.4 is 15.4 Å². The number of alkyl halides is 3. The van der Waals surface area contributed by atoms with Crippen LogP contribution in [0, 0.1) is 0 Å². The molecule has 8 nitrogen and oxygen atoms in total. The number of hydrogen-bond donors (Lipinski definition) is 3. The highest BCUT2D eigenvalue weighted by Gasteiger charge is 2.37. The predicted molar refractivity (Wildman–Crippen MR) is 120 cm³/mol. The van der Waals surface area contributed by atoms with Crippen LogP contribution in [0.15, 0.2) is 60.1 Å². The van der Waals surface area contributed by atoms with Gasteiger partial charge >= 0.3 is 6.18 Å². The molecule has 0 saturated heterocycles. The summed E-state index contributed by atoms with van der Waals surface area (Å²) in [7, 11) is 1.66. The maximum atomic E-state index is 14.2. The molecule has 4 rings (SSSR count). The number of aryl methyl sites for hydroxylation is 1. The Morgan fingerprint density at radius 2 is 2.00 bits per heavy atom. The summed E-state index contributed by atoms with van der Waals surface area (Å²) < 4.78 is 60.8. The largest absolute Gasteiger partial charge is 0.457 e. The number of imidazole rings is 1. The lowest BCUT2D eigenvalue weighted by atomic mass is 9.99. The number of anilines is 1. The number of aliphatic hydroxyl groups is 1. The molecule has 1 aromatic carbocycles.